The lowest BCUT2D eigenvalue weighted by molar-refractivity contribution is -0.101. The molecule has 1 aliphatic heterocycles. The maximum absolute atomic E-state index is 15.3. The van der Waals surface area contributed by atoms with E-state index < -0.39 is 28.7 Å². The number of hydrogen-bond acceptors (Lipinski definition) is 4. The Balaban J connectivity index is 2.13. The monoisotopic (exact) mass is 434 g/mol. The van der Waals surface area contributed by atoms with E-state index in [1.807, 2.05) is 6.92 Å². The summed E-state index contributed by atoms with van der Waals surface area (Å²) in [5.74, 6) is -2.92. The van der Waals surface area contributed by atoms with Crippen LogP contribution in [0.2, 0.25) is 5.02 Å². The van der Waals surface area contributed by atoms with Crippen LogP contribution in [0.25, 0.3) is 0 Å². The summed E-state index contributed by atoms with van der Waals surface area (Å²) in [6, 6.07) is 8.49. The number of ether oxygens (including phenoxy) is 2. The van der Waals surface area contributed by atoms with Gasteiger partial charge in [-0.1, -0.05) is 18.5 Å². The van der Waals surface area contributed by atoms with Crippen molar-refractivity contribution < 1.29 is 28.6 Å². The first-order valence-corrected chi connectivity index (χ1v) is 10.2. The molecule has 0 saturated carbocycles. The Morgan fingerprint density at radius 2 is 1.87 bits per heavy atom. The lowest BCUT2D eigenvalue weighted by Gasteiger charge is -2.41. The fraction of sp³-hybridized carbons (Fsp3) is 0.391. The van der Waals surface area contributed by atoms with Crippen molar-refractivity contribution in [2.45, 2.75) is 31.8 Å². The van der Waals surface area contributed by atoms with E-state index in [2.05, 4.69) is 0 Å². The summed E-state index contributed by atoms with van der Waals surface area (Å²) in [5.41, 5.74) is -1.14. The van der Waals surface area contributed by atoms with Crippen molar-refractivity contribution in [1.82, 2.24) is 0 Å². The summed E-state index contributed by atoms with van der Waals surface area (Å²) in [4.78, 5) is 24.9. The molecule has 0 spiro atoms. The van der Waals surface area contributed by atoms with Gasteiger partial charge in [-0.05, 0) is 67.1 Å². The Hall–Kier alpha value is -2.28. The normalized spacial score (nSPS) is 16.8. The van der Waals surface area contributed by atoms with Gasteiger partial charge in [-0.3, -0.25) is 4.79 Å². The van der Waals surface area contributed by atoms with Crippen LogP contribution in [0.1, 0.15) is 58.0 Å². The van der Waals surface area contributed by atoms with Gasteiger partial charge in [0, 0.05) is 30.9 Å². The Morgan fingerprint density at radius 3 is 2.40 bits per heavy atom. The third kappa shape index (κ3) is 4.13. The predicted octanol–water partition coefficient (Wildman–Crippen LogP) is 5.09. The Labute approximate surface area is 179 Å². The summed E-state index contributed by atoms with van der Waals surface area (Å²) >= 11 is 5.85. The van der Waals surface area contributed by atoms with Crippen LogP contribution < -0.4 is 0 Å². The first kappa shape index (κ1) is 22.4. The van der Waals surface area contributed by atoms with Crippen molar-refractivity contribution in [1.29, 1.82) is 0 Å². The fourth-order valence-corrected chi connectivity index (χ4v) is 4.44. The number of carboxylic acid groups (broad SMARTS) is 1. The highest BCUT2D eigenvalue weighted by Crippen LogP contribution is 2.43. The smallest absolute Gasteiger partial charge is 0.336 e. The largest absolute Gasteiger partial charge is 0.478 e. The molecule has 1 saturated heterocycles. The molecule has 7 heteroatoms. The van der Waals surface area contributed by atoms with Crippen LogP contribution in [-0.2, 0) is 15.1 Å². The molecule has 0 radical (unpaired) electrons. The van der Waals surface area contributed by atoms with Gasteiger partial charge < -0.3 is 14.6 Å². The van der Waals surface area contributed by atoms with Gasteiger partial charge in [0.05, 0.1) is 16.7 Å². The van der Waals surface area contributed by atoms with Crippen LogP contribution in [0, 0.1) is 11.7 Å². The van der Waals surface area contributed by atoms with Crippen molar-refractivity contribution >= 4 is 23.4 Å². The van der Waals surface area contributed by atoms with Crippen LogP contribution in [0.15, 0.2) is 36.4 Å². The summed E-state index contributed by atoms with van der Waals surface area (Å²) in [5, 5.41) is 10.2. The molecular weight excluding hydrogens is 411 g/mol. The maximum atomic E-state index is 15.3. The lowest BCUT2D eigenvalue weighted by atomic mass is 9.74. The molecule has 3 rings (SSSR count). The van der Waals surface area contributed by atoms with Crippen LogP contribution >= 0.6 is 11.6 Å². The third-order valence-corrected chi connectivity index (χ3v) is 6.16. The number of carboxylic acids is 1. The van der Waals surface area contributed by atoms with Gasteiger partial charge >= 0.3 is 5.97 Å². The minimum absolute atomic E-state index is 0.0418. The number of methoxy groups -OCH3 is 1. The van der Waals surface area contributed by atoms with Gasteiger partial charge in [-0.2, -0.15) is 0 Å². The number of aromatic carboxylic acids is 1. The van der Waals surface area contributed by atoms with Crippen molar-refractivity contribution in [3.63, 3.8) is 0 Å². The number of rotatable bonds is 7. The predicted molar refractivity (Wildman–Crippen MR) is 111 cm³/mol. The second-order valence-corrected chi connectivity index (χ2v) is 7.79. The summed E-state index contributed by atoms with van der Waals surface area (Å²) in [6.07, 6.45) is 1.96. The maximum Gasteiger partial charge on any atom is 0.336 e. The van der Waals surface area contributed by atoms with E-state index in [1.54, 1.807) is 7.11 Å². The fourth-order valence-electron chi connectivity index (χ4n) is 4.32. The number of ketones is 1. The van der Waals surface area contributed by atoms with Crippen molar-refractivity contribution in [2.24, 2.45) is 5.92 Å². The van der Waals surface area contributed by atoms with Gasteiger partial charge in [-0.25, -0.2) is 9.18 Å². The van der Waals surface area contributed by atoms with Gasteiger partial charge in [0.1, 0.15) is 5.82 Å². The van der Waals surface area contributed by atoms with Crippen molar-refractivity contribution in [2.75, 3.05) is 20.3 Å². The molecule has 160 valence electrons. The first-order chi connectivity index (χ1) is 14.3. The number of halogens is 2. The molecule has 0 bridgehead atoms. The quantitative estimate of drug-likeness (QED) is 0.615. The highest BCUT2D eigenvalue weighted by atomic mass is 35.5. The Bertz CT molecular complexity index is 931. The molecular formula is C23H24ClFO5. The van der Waals surface area contributed by atoms with Crippen LogP contribution in [0.4, 0.5) is 4.39 Å². The van der Waals surface area contributed by atoms with Crippen LogP contribution in [0.5, 0.6) is 0 Å². The van der Waals surface area contributed by atoms with Crippen LogP contribution in [-0.4, -0.2) is 37.2 Å². The highest BCUT2D eigenvalue weighted by molar-refractivity contribution is 6.30. The molecule has 0 aliphatic carbocycles. The third-order valence-electron chi connectivity index (χ3n) is 5.91. The Morgan fingerprint density at radius 1 is 1.23 bits per heavy atom. The molecule has 1 N–H and O–H groups in total. The van der Waals surface area contributed by atoms with Gasteiger partial charge in [0.15, 0.2) is 5.78 Å². The van der Waals surface area contributed by atoms with E-state index >= 15 is 4.39 Å². The number of benzene rings is 2. The second-order valence-electron chi connectivity index (χ2n) is 7.36. The highest BCUT2D eigenvalue weighted by Gasteiger charge is 2.41. The topological polar surface area (TPSA) is 72.8 Å². The Kier molecular flexibility index (Phi) is 6.91. The van der Waals surface area contributed by atoms with Crippen molar-refractivity contribution in [3.05, 3.63) is 69.5 Å². The number of hydrogen-bond donors (Lipinski definition) is 1. The molecule has 1 atom stereocenters. The van der Waals surface area contributed by atoms with E-state index in [0.29, 0.717) is 30.2 Å². The summed E-state index contributed by atoms with van der Waals surface area (Å²) in [7, 11) is 1.55. The number of carbonyl (C=O) groups excluding carboxylic acids is 1. The molecule has 1 fully saturated rings. The molecule has 0 amide bonds. The molecule has 5 nitrogen and oxygen atoms in total. The summed E-state index contributed by atoms with van der Waals surface area (Å²) in [6.45, 7) is 3.05. The van der Waals surface area contributed by atoms with E-state index in [4.69, 9.17) is 21.1 Å². The van der Waals surface area contributed by atoms with Crippen molar-refractivity contribution in [3.8, 4) is 0 Å². The average Bonchev–Trinajstić information content (AvgIpc) is 2.75. The minimum Gasteiger partial charge on any atom is -0.478 e. The minimum atomic E-state index is -1.37. The molecule has 2 aromatic carbocycles. The van der Waals surface area contributed by atoms with E-state index in [0.717, 1.165) is 12.8 Å². The lowest BCUT2D eigenvalue weighted by Crippen LogP contribution is -2.40. The second kappa shape index (κ2) is 9.25. The molecule has 2 aromatic rings. The van der Waals surface area contributed by atoms with E-state index in [-0.39, 0.29) is 17.0 Å². The molecule has 1 heterocycles. The zero-order valence-electron chi connectivity index (χ0n) is 16.9. The van der Waals surface area contributed by atoms with Gasteiger partial charge in [0.2, 0.25) is 0 Å². The standard InChI is InChI=1S/C23H24ClFO5/c1-3-23(29-2,15-8-10-30-11-9-15)16-12-18(22(27)28)20(19(25)13-16)21(26)14-4-6-17(24)7-5-14/h4-7,12-13,15H,3,8-11H2,1-2H3,(H,27,28)/t23-/m0/s1. The van der Waals surface area contributed by atoms with Crippen LogP contribution in [0.3, 0.4) is 0 Å². The summed E-state index contributed by atoms with van der Waals surface area (Å²) < 4.78 is 26.6. The number of carbonyl (C=O) groups is 2. The zero-order chi connectivity index (χ0) is 21.9. The van der Waals surface area contributed by atoms with Gasteiger partial charge in [-0.15, -0.1) is 0 Å². The SMILES string of the molecule is CC[C@@](OC)(c1cc(F)c(C(=O)c2ccc(Cl)cc2)c(C(=O)O)c1)C1CCOCC1. The van der Waals surface area contributed by atoms with E-state index in [9.17, 15) is 14.7 Å². The zero-order valence-corrected chi connectivity index (χ0v) is 17.7. The first-order valence-electron chi connectivity index (χ1n) is 9.84. The molecule has 30 heavy (non-hydrogen) atoms. The molecule has 0 aromatic heterocycles. The van der Waals surface area contributed by atoms with Gasteiger partial charge in [0.25, 0.3) is 0 Å². The average molecular weight is 435 g/mol. The molecule has 1 aliphatic rings. The molecule has 0 unspecified atom stereocenters. The van der Waals surface area contributed by atoms with E-state index in [1.165, 1.54) is 36.4 Å².